The van der Waals surface area contributed by atoms with Gasteiger partial charge in [-0.15, -0.1) is 0 Å². The lowest BCUT2D eigenvalue weighted by atomic mass is 9.83. The third kappa shape index (κ3) is 2.80. The summed E-state index contributed by atoms with van der Waals surface area (Å²) in [6.07, 6.45) is 1.64. The van der Waals surface area contributed by atoms with Gasteiger partial charge in [-0.2, -0.15) is 4.99 Å². The maximum absolute atomic E-state index is 10.4. The fourth-order valence-corrected chi connectivity index (χ4v) is 1.54. The van der Waals surface area contributed by atoms with Gasteiger partial charge < -0.3 is 0 Å². The molecule has 0 atom stereocenters. The number of nitrogens with zero attached hydrogens (tertiary/aromatic N) is 1. The van der Waals surface area contributed by atoms with E-state index in [2.05, 4.69) is 37.9 Å². The molecule has 0 N–H and O–H groups in total. The van der Waals surface area contributed by atoms with Crippen molar-refractivity contribution in [2.45, 2.75) is 45.6 Å². The predicted molar refractivity (Wildman–Crippen MR) is 66.3 cm³/mol. The molecule has 2 nitrogen and oxygen atoms in total. The molecule has 0 spiro atoms. The lowest BCUT2D eigenvalue weighted by Gasteiger charge is -2.23. The fourth-order valence-electron chi connectivity index (χ4n) is 1.54. The Labute approximate surface area is 97.4 Å². The Morgan fingerprint density at radius 1 is 1.06 bits per heavy atom. The van der Waals surface area contributed by atoms with Crippen LogP contribution in [0.15, 0.2) is 29.3 Å². The molecule has 0 aliphatic rings. The zero-order chi connectivity index (χ0) is 12.4. The first-order chi connectivity index (χ1) is 7.27. The van der Waals surface area contributed by atoms with E-state index in [1.165, 1.54) is 5.56 Å². The molecule has 0 radical (unpaired) electrons. The monoisotopic (exact) mass is 217 g/mol. The number of aliphatic imine (C=N–C) groups is 1. The van der Waals surface area contributed by atoms with Gasteiger partial charge in [0.15, 0.2) is 0 Å². The maximum Gasteiger partial charge on any atom is 0.235 e. The summed E-state index contributed by atoms with van der Waals surface area (Å²) in [4.78, 5) is 14.2. The van der Waals surface area contributed by atoms with Crippen LogP contribution in [-0.2, 0) is 15.7 Å². The van der Waals surface area contributed by atoms with Crippen LogP contribution in [0, 0.1) is 0 Å². The second-order valence-electron chi connectivity index (χ2n) is 5.59. The van der Waals surface area contributed by atoms with Crippen molar-refractivity contribution >= 4 is 6.08 Å². The van der Waals surface area contributed by atoms with Crippen molar-refractivity contribution in [3.05, 3.63) is 35.4 Å². The highest BCUT2D eigenvalue weighted by Gasteiger charge is 2.21. The Kier molecular flexibility index (Phi) is 3.35. The van der Waals surface area contributed by atoms with Gasteiger partial charge in [-0.3, -0.25) is 0 Å². The number of benzene rings is 1. The minimum atomic E-state index is -0.497. The SMILES string of the molecule is CC(C)(C)c1cccc(C(C)(C)N=C=O)c1. The lowest BCUT2D eigenvalue weighted by molar-refractivity contribution is 0.520. The van der Waals surface area contributed by atoms with Gasteiger partial charge in [0, 0.05) is 0 Å². The molecular weight excluding hydrogens is 198 g/mol. The van der Waals surface area contributed by atoms with Crippen molar-refractivity contribution < 1.29 is 4.79 Å². The first-order valence-corrected chi connectivity index (χ1v) is 5.47. The average Bonchev–Trinajstić information content (AvgIpc) is 2.16. The van der Waals surface area contributed by atoms with Crippen molar-refractivity contribution in [3.63, 3.8) is 0 Å². The zero-order valence-electron chi connectivity index (χ0n) is 10.7. The highest BCUT2D eigenvalue weighted by Crippen LogP contribution is 2.29. The maximum atomic E-state index is 10.4. The van der Waals surface area contributed by atoms with Gasteiger partial charge in [0.1, 0.15) is 0 Å². The first kappa shape index (κ1) is 12.7. The van der Waals surface area contributed by atoms with Crippen LogP contribution in [0.5, 0.6) is 0 Å². The Morgan fingerprint density at radius 2 is 1.62 bits per heavy atom. The third-order valence-electron chi connectivity index (χ3n) is 2.76. The van der Waals surface area contributed by atoms with Crippen LogP contribution in [0.1, 0.15) is 45.7 Å². The second kappa shape index (κ2) is 4.23. The minimum absolute atomic E-state index is 0.108. The van der Waals surface area contributed by atoms with E-state index < -0.39 is 5.54 Å². The minimum Gasteiger partial charge on any atom is -0.211 e. The molecule has 0 bridgehead atoms. The normalized spacial score (nSPS) is 12.1. The van der Waals surface area contributed by atoms with Crippen LogP contribution >= 0.6 is 0 Å². The van der Waals surface area contributed by atoms with Crippen LogP contribution in [0.4, 0.5) is 0 Å². The largest absolute Gasteiger partial charge is 0.235 e. The molecule has 0 unspecified atom stereocenters. The van der Waals surface area contributed by atoms with Crippen LogP contribution in [0.25, 0.3) is 0 Å². The Morgan fingerprint density at radius 3 is 2.12 bits per heavy atom. The molecular formula is C14H19NO. The summed E-state index contributed by atoms with van der Waals surface area (Å²) < 4.78 is 0. The average molecular weight is 217 g/mol. The van der Waals surface area contributed by atoms with Gasteiger partial charge in [0.05, 0.1) is 5.54 Å². The van der Waals surface area contributed by atoms with Crippen LogP contribution in [0.3, 0.4) is 0 Å². The Hall–Kier alpha value is -1.40. The van der Waals surface area contributed by atoms with E-state index in [-0.39, 0.29) is 5.41 Å². The topological polar surface area (TPSA) is 29.4 Å². The lowest BCUT2D eigenvalue weighted by Crippen LogP contribution is -2.17. The Bertz CT molecular complexity index is 421. The molecule has 0 aliphatic carbocycles. The number of carbonyl (C=O) groups excluding carboxylic acids is 1. The van der Waals surface area contributed by atoms with Crippen LogP contribution in [-0.4, -0.2) is 6.08 Å². The van der Waals surface area contributed by atoms with E-state index in [0.29, 0.717) is 0 Å². The molecule has 0 heterocycles. The Balaban J connectivity index is 3.23. The quantitative estimate of drug-likeness (QED) is 0.550. The van der Waals surface area contributed by atoms with E-state index in [4.69, 9.17) is 0 Å². The summed E-state index contributed by atoms with van der Waals surface area (Å²) in [6.45, 7) is 10.3. The van der Waals surface area contributed by atoms with Crippen LogP contribution in [0.2, 0.25) is 0 Å². The summed E-state index contributed by atoms with van der Waals surface area (Å²) in [5, 5.41) is 0. The van der Waals surface area contributed by atoms with Crippen molar-refractivity contribution in [1.29, 1.82) is 0 Å². The highest BCUT2D eigenvalue weighted by atomic mass is 16.1. The molecule has 0 aliphatic heterocycles. The summed E-state index contributed by atoms with van der Waals surface area (Å²) in [7, 11) is 0. The molecule has 0 aromatic heterocycles. The fraction of sp³-hybridized carbons (Fsp3) is 0.500. The van der Waals surface area contributed by atoms with E-state index >= 15 is 0 Å². The molecule has 0 saturated heterocycles. The van der Waals surface area contributed by atoms with Crippen molar-refractivity contribution in [3.8, 4) is 0 Å². The number of hydrogen-bond acceptors (Lipinski definition) is 2. The molecule has 1 aromatic carbocycles. The van der Waals surface area contributed by atoms with Gasteiger partial charge in [-0.05, 0) is 30.4 Å². The number of rotatable bonds is 2. The number of isocyanates is 1. The highest BCUT2D eigenvalue weighted by molar-refractivity contribution is 5.39. The molecule has 16 heavy (non-hydrogen) atoms. The molecule has 0 amide bonds. The van der Waals surface area contributed by atoms with Gasteiger partial charge in [-0.1, -0.05) is 45.0 Å². The summed E-state index contributed by atoms with van der Waals surface area (Å²) in [6, 6.07) is 8.22. The molecule has 1 aromatic rings. The third-order valence-corrected chi connectivity index (χ3v) is 2.76. The molecule has 86 valence electrons. The first-order valence-electron chi connectivity index (χ1n) is 5.47. The van der Waals surface area contributed by atoms with Crippen molar-refractivity contribution in [1.82, 2.24) is 0 Å². The van der Waals surface area contributed by atoms with Gasteiger partial charge in [-0.25, -0.2) is 4.79 Å². The second-order valence-corrected chi connectivity index (χ2v) is 5.59. The van der Waals surface area contributed by atoms with Crippen LogP contribution < -0.4 is 0 Å². The molecule has 0 fully saturated rings. The van der Waals surface area contributed by atoms with E-state index in [1.54, 1.807) is 6.08 Å². The van der Waals surface area contributed by atoms with Gasteiger partial charge in [0.25, 0.3) is 0 Å². The number of hydrogen-bond donors (Lipinski definition) is 0. The van der Waals surface area contributed by atoms with Crippen molar-refractivity contribution in [2.75, 3.05) is 0 Å². The predicted octanol–water partition coefficient (Wildman–Crippen LogP) is 3.56. The molecule has 0 saturated carbocycles. The smallest absolute Gasteiger partial charge is 0.211 e. The molecule has 1 rings (SSSR count). The molecule has 2 heteroatoms. The summed E-state index contributed by atoms with van der Waals surface area (Å²) in [5.41, 5.74) is 1.91. The van der Waals surface area contributed by atoms with Crippen molar-refractivity contribution in [2.24, 2.45) is 4.99 Å². The summed E-state index contributed by atoms with van der Waals surface area (Å²) in [5.74, 6) is 0. The summed E-state index contributed by atoms with van der Waals surface area (Å²) >= 11 is 0. The standard InChI is InChI=1S/C14H19NO/c1-13(2,3)11-7-6-8-12(9-11)14(4,5)15-10-16/h6-9H,1-5H3. The van der Waals surface area contributed by atoms with Gasteiger partial charge in [0.2, 0.25) is 6.08 Å². The van der Waals surface area contributed by atoms with E-state index in [9.17, 15) is 4.79 Å². The van der Waals surface area contributed by atoms with Gasteiger partial charge >= 0.3 is 0 Å². The zero-order valence-corrected chi connectivity index (χ0v) is 10.7. The van der Waals surface area contributed by atoms with E-state index in [1.807, 2.05) is 26.0 Å². The van der Waals surface area contributed by atoms with E-state index in [0.717, 1.165) is 5.56 Å².